The van der Waals surface area contributed by atoms with Crippen LogP contribution in [0.15, 0.2) is 42.5 Å². The van der Waals surface area contributed by atoms with Crippen molar-refractivity contribution in [1.82, 2.24) is 20.9 Å². The van der Waals surface area contributed by atoms with Crippen LogP contribution in [0.1, 0.15) is 144 Å². The second-order valence-electron chi connectivity index (χ2n) is 24.4. The van der Waals surface area contributed by atoms with Gasteiger partial charge in [-0.2, -0.15) is 0 Å². The topological polar surface area (TPSA) is 474 Å². The van der Waals surface area contributed by atoms with Crippen molar-refractivity contribution in [3.05, 3.63) is 64.8 Å². The third kappa shape index (κ3) is 37.4. The van der Waals surface area contributed by atoms with Gasteiger partial charge in [0.25, 0.3) is 5.91 Å². The Kier molecular flexibility index (Phi) is 53.3. The molecule has 0 saturated carbocycles. The van der Waals surface area contributed by atoms with Crippen molar-refractivity contribution in [2.75, 3.05) is 137 Å². The fraction of sp³-hybridized carbons (Fsp3) is 0.649. The van der Waals surface area contributed by atoms with Crippen LogP contribution in [0.5, 0.6) is 11.5 Å². The van der Waals surface area contributed by atoms with Crippen molar-refractivity contribution in [3.8, 4) is 11.5 Å². The Balaban J connectivity index is 0.000000631. The van der Waals surface area contributed by atoms with Crippen molar-refractivity contribution >= 4 is 108 Å². The number of anilines is 1. The van der Waals surface area contributed by atoms with Gasteiger partial charge in [-0.3, -0.25) is 33.6 Å². The van der Waals surface area contributed by atoms with Crippen molar-refractivity contribution in [2.24, 2.45) is 0 Å². The van der Waals surface area contributed by atoms with E-state index in [0.29, 0.717) is 83.9 Å². The van der Waals surface area contributed by atoms with Crippen molar-refractivity contribution < 1.29 is 141 Å². The summed E-state index contributed by atoms with van der Waals surface area (Å²) < 4.78 is 67.7. The van der Waals surface area contributed by atoms with E-state index in [0.717, 1.165) is 16.7 Å². The quantitative estimate of drug-likeness (QED) is 0.00616. The van der Waals surface area contributed by atoms with Crippen LogP contribution < -0.4 is 30.3 Å². The molecular formula is C74H116ClN5O29S2. The monoisotopic (exact) mass is 1640 g/mol. The number of nitrogens with zero attached hydrogens (tertiary/aromatic N) is 1. The standard InChI is InChI=1S/C40H49ClN4O12.C15H29NO6S2.C12H22O7.C7H16O4/c1-4-25(19-46)56-36(54-3)22-55-35(50)11-7-10-34(49)42-12-13-43-40(52)57-33-16-31-37(27-9-6-5-8-26(27)33)24(17-41)18-45(31)39(51)30-14-23-15-32(53-2)28(20-47)29(21-48)38(23)44-30;1-4-12(10-17)22-15(20-2)11-21-14(19)7-5-6-13(18)16-8-9-24-23-3;1-3-9(7-13)19-12(17-2)8-18-11(16)6-4-5-10(14)15;1-3-6(4-8)11-7(5-9)10-2/h5-6,8-9,14-16,24-25,36,44,46-48H,4,7,10-13,17-22H2,1-3H3,(H,42,49)(H,43,52);12,15,17H,4-11H2,1-3H3,(H,16,18);9,12-13H,3-8H2,1-2H3,(H,14,15);6-9H,3-5H2,1-2H3/t24-,25?,36?;;;/m1.../s1. The van der Waals surface area contributed by atoms with Crippen LogP contribution >= 0.6 is 33.2 Å². The summed E-state index contributed by atoms with van der Waals surface area (Å²) in [4.78, 5) is 101. The molecule has 111 heavy (non-hydrogen) atoms. The number of aliphatic hydroxyl groups is 7. The van der Waals surface area contributed by atoms with Crippen LogP contribution in [0.4, 0.5) is 10.5 Å². The Bertz CT molecular complexity index is 3330. The number of fused-ring (bicyclic) bond motifs is 4. The van der Waals surface area contributed by atoms with Gasteiger partial charge < -0.3 is 128 Å². The summed E-state index contributed by atoms with van der Waals surface area (Å²) >= 11 is 6.46. The van der Waals surface area contributed by atoms with Crippen LogP contribution in [0.2, 0.25) is 0 Å². The zero-order valence-electron chi connectivity index (χ0n) is 65.0. The summed E-state index contributed by atoms with van der Waals surface area (Å²) in [5, 5.41) is 83.3. The van der Waals surface area contributed by atoms with E-state index in [9.17, 15) is 53.7 Å². The van der Waals surface area contributed by atoms with Gasteiger partial charge >= 0.3 is 30.0 Å². The number of nitrogens with one attached hydrogen (secondary N) is 4. The molecule has 9 atom stereocenters. The molecule has 5 rings (SSSR count). The minimum Gasteiger partial charge on any atom is -0.496 e. The minimum atomic E-state index is -0.945. The van der Waals surface area contributed by atoms with Crippen LogP contribution in [-0.2, 0) is 94.1 Å². The predicted molar refractivity (Wildman–Crippen MR) is 413 cm³/mol. The van der Waals surface area contributed by atoms with Crippen LogP contribution in [0.3, 0.4) is 0 Å². The van der Waals surface area contributed by atoms with Crippen molar-refractivity contribution in [2.45, 2.75) is 180 Å². The average Bonchev–Trinajstić information content (AvgIpc) is 1.60. The van der Waals surface area contributed by atoms with E-state index in [1.807, 2.05) is 58.2 Å². The van der Waals surface area contributed by atoms with Gasteiger partial charge in [0, 0.05) is 139 Å². The summed E-state index contributed by atoms with van der Waals surface area (Å²) in [6, 6.07) is 12.3. The van der Waals surface area contributed by atoms with E-state index in [4.69, 9.17) is 98.7 Å². The maximum atomic E-state index is 14.2. The largest absolute Gasteiger partial charge is 0.496 e. The summed E-state index contributed by atoms with van der Waals surface area (Å²) in [5.41, 5.74) is 2.93. The van der Waals surface area contributed by atoms with Crippen LogP contribution in [0, 0.1) is 0 Å². The lowest BCUT2D eigenvalue weighted by Crippen LogP contribution is -2.36. The number of carboxylic acids is 1. The first-order valence-electron chi connectivity index (χ1n) is 36.5. The van der Waals surface area contributed by atoms with E-state index >= 15 is 0 Å². The molecule has 0 fully saturated rings. The first kappa shape index (κ1) is 100. The van der Waals surface area contributed by atoms with E-state index < -0.39 is 67.8 Å². The number of rotatable bonds is 52. The molecule has 0 spiro atoms. The van der Waals surface area contributed by atoms with E-state index in [1.165, 1.54) is 35.5 Å². The number of H-pyrrole nitrogens is 1. The molecule has 1 aliphatic rings. The highest BCUT2D eigenvalue weighted by Crippen LogP contribution is 2.46. The number of carbonyl (C=O) groups is 8. The first-order valence-corrected chi connectivity index (χ1v) is 39.7. The molecule has 0 bridgehead atoms. The highest BCUT2D eigenvalue weighted by molar-refractivity contribution is 8.76. The number of carboxylic acid groups (broad SMARTS) is 1. The number of amides is 4. The Morgan fingerprint density at radius 1 is 0.559 bits per heavy atom. The number of halogens is 1. The van der Waals surface area contributed by atoms with Gasteiger partial charge in [0.2, 0.25) is 11.8 Å². The minimum absolute atomic E-state index is 0.00212. The molecule has 4 aromatic rings. The van der Waals surface area contributed by atoms with Gasteiger partial charge in [0.15, 0.2) is 25.2 Å². The number of hydrogen-bond donors (Lipinski definition) is 12. The molecule has 1 aliphatic heterocycles. The number of aliphatic carboxylic acids is 1. The van der Waals surface area contributed by atoms with E-state index in [2.05, 4.69) is 20.9 Å². The molecule has 0 aliphatic carbocycles. The molecule has 630 valence electrons. The molecule has 0 saturated heterocycles. The smallest absolute Gasteiger partial charge is 0.412 e. The Morgan fingerprint density at radius 2 is 1.01 bits per heavy atom. The number of esters is 3. The average molecular weight is 1640 g/mol. The highest BCUT2D eigenvalue weighted by Gasteiger charge is 2.36. The molecule has 4 amide bonds. The van der Waals surface area contributed by atoms with Crippen LogP contribution in [0.25, 0.3) is 21.7 Å². The van der Waals surface area contributed by atoms with Gasteiger partial charge in [0.1, 0.15) is 37.0 Å². The zero-order chi connectivity index (χ0) is 82.6. The normalized spacial score (nSPS) is 14.4. The first-order chi connectivity index (χ1) is 53.5. The third-order valence-electron chi connectivity index (χ3n) is 16.7. The molecular weight excluding hydrogens is 1520 g/mol. The van der Waals surface area contributed by atoms with Gasteiger partial charge in [-0.15, -0.1) is 11.6 Å². The van der Waals surface area contributed by atoms with Crippen LogP contribution in [-0.4, -0.2) is 276 Å². The molecule has 3 aromatic carbocycles. The number of ether oxygens (including phenoxy) is 13. The molecule has 8 unspecified atom stereocenters. The number of hydrogen-bond acceptors (Lipinski definition) is 30. The Labute approximate surface area is 660 Å². The number of alkyl halides is 1. The summed E-state index contributed by atoms with van der Waals surface area (Å²) in [5.74, 6) is -1.65. The number of aliphatic hydroxyl groups excluding tert-OH is 7. The van der Waals surface area contributed by atoms with Gasteiger partial charge in [0.05, 0.1) is 89.0 Å². The molecule has 0 radical (unpaired) electrons. The lowest BCUT2D eigenvalue weighted by atomic mass is 9.95. The lowest BCUT2D eigenvalue weighted by Gasteiger charge is -2.21. The second-order valence-corrected chi connectivity index (χ2v) is 27.4. The zero-order valence-corrected chi connectivity index (χ0v) is 67.4. The summed E-state index contributed by atoms with van der Waals surface area (Å²) in [6.45, 7) is 6.83. The number of methoxy groups -OCH3 is 5. The number of carbonyl (C=O) groups excluding carboxylic acids is 7. The number of aromatic amines is 1. The van der Waals surface area contributed by atoms with Gasteiger partial charge in [-0.1, -0.05) is 73.5 Å². The molecule has 2 heterocycles. The van der Waals surface area contributed by atoms with Crippen molar-refractivity contribution in [1.29, 1.82) is 0 Å². The Hall–Kier alpha value is -6.79. The van der Waals surface area contributed by atoms with E-state index in [1.54, 1.807) is 44.7 Å². The fourth-order valence-corrected chi connectivity index (χ4v) is 11.8. The predicted octanol–water partition coefficient (Wildman–Crippen LogP) is 5.85. The summed E-state index contributed by atoms with van der Waals surface area (Å²) in [7, 11) is 10.5. The van der Waals surface area contributed by atoms with Gasteiger partial charge in [-0.05, 0) is 74.3 Å². The molecule has 37 heteroatoms. The molecule has 12 N–H and O–H groups in total. The molecule has 34 nitrogen and oxygen atoms in total. The number of aromatic nitrogens is 1. The highest BCUT2D eigenvalue weighted by atomic mass is 35.5. The fourth-order valence-electron chi connectivity index (χ4n) is 10.4. The SMILES string of the molecule is CCC(CO)OC(CO)OC.CCC(CO)OC(COC(=O)CCCC(=O)NCCNC(=O)Oc1cc2c(c3ccccc13)[C@H](CCl)CN2C(=O)c1cc2cc(OC)c(CO)c(CO)c2[nH]1)OC.CCC(CO)OC(COC(=O)CCCC(=O)NCCSSC)OC.CCC(CO)OC(COC(=O)CCCC(=O)O)OC. The van der Waals surface area contributed by atoms with E-state index in [-0.39, 0.29) is 183 Å². The maximum Gasteiger partial charge on any atom is 0.412 e. The van der Waals surface area contributed by atoms with Gasteiger partial charge in [-0.25, -0.2) is 4.79 Å². The van der Waals surface area contributed by atoms with Crippen molar-refractivity contribution in [3.63, 3.8) is 0 Å². The lowest BCUT2D eigenvalue weighted by molar-refractivity contribution is -0.194. The summed E-state index contributed by atoms with van der Waals surface area (Å²) in [6.07, 6.45) is 0.887. The molecule has 1 aromatic heterocycles. The second kappa shape index (κ2) is 59.0. The Morgan fingerprint density at radius 3 is 1.42 bits per heavy atom. The number of benzene rings is 3. The maximum absolute atomic E-state index is 14.2. The third-order valence-corrected chi connectivity index (χ3v) is 18.9.